The predicted octanol–water partition coefficient (Wildman–Crippen LogP) is 2.47. The van der Waals surface area contributed by atoms with Crippen molar-refractivity contribution < 1.29 is 0 Å². The molecule has 1 N–H and O–H groups in total. The average molecular weight is 326 g/mol. The number of nitrogens with one attached hydrogen (secondary N) is 1. The van der Waals surface area contributed by atoms with E-state index < -0.39 is 0 Å². The van der Waals surface area contributed by atoms with Crippen molar-refractivity contribution in [1.29, 1.82) is 0 Å². The molecule has 1 atom stereocenters. The molecular formula is C20H30N4. The van der Waals surface area contributed by atoms with E-state index in [2.05, 4.69) is 58.9 Å². The molecule has 0 bridgehead atoms. The third-order valence-corrected chi connectivity index (χ3v) is 5.97. The van der Waals surface area contributed by atoms with Crippen molar-refractivity contribution in [1.82, 2.24) is 19.7 Å². The number of hydrogen-bond acceptors (Lipinski definition) is 3. The standard InChI is InChI=1S/C20H30N4/c1-15-4-5-19-17(12-15)18-14-24(9-7-20(18)21-19)8-6-16-13-22(2)10-11-23(16)3/h4-5,12,16,21H,6-11,13-14H2,1-3H3/t16-/m0/s1. The van der Waals surface area contributed by atoms with E-state index in [1.165, 1.54) is 66.9 Å². The van der Waals surface area contributed by atoms with Crippen molar-refractivity contribution in [2.75, 3.05) is 46.8 Å². The van der Waals surface area contributed by atoms with E-state index in [1.807, 2.05) is 0 Å². The minimum atomic E-state index is 0.704. The van der Waals surface area contributed by atoms with Crippen LogP contribution in [0.1, 0.15) is 23.2 Å². The quantitative estimate of drug-likeness (QED) is 0.938. The van der Waals surface area contributed by atoms with Crippen molar-refractivity contribution in [3.8, 4) is 0 Å². The Morgan fingerprint density at radius 1 is 1.17 bits per heavy atom. The predicted molar refractivity (Wildman–Crippen MR) is 101 cm³/mol. The fraction of sp³-hybridized carbons (Fsp3) is 0.600. The molecule has 1 saturated heterocycles. The Labute approximate surface area is 145 Å². The van der Waals surface area contributed by atoms with Crippen LogP contribution in [0.15, 0.2) is 18.2 Å². The summed E-state index contributed by atoms with van der Waals surface area (Å²) in [6.45, 7) is 9.30. The molecule has 0 amide bonds. The minimum absolute atomic E-state index is 0.704. The van der Waals surface area contributed by atoms with Gasteiger partial charge in [-0.15, -0.1) is 0 Å². The summed E-state index contributed by atoms with van der Waals surface area (Å²) in [6, 6.07) is 7.49. The van der Waals surface area contributed by atoms with Crippen molar-refractivity contribution in [2.24, 2.45) is 0 Å². The van der Waals surface area contributed by atoms with Crippen molar-refractivity contribution in [3.63, 3.8) is 0 Å². The lowest BCUT2D eigenvalue weighted by molar-refractivity contribution is 0.0968. The zero-order chi connectivity index (χ0) is 16.7. The maximum atomic E-state index is 3.64. The zero-order valence-electron chi connectivity index (χ0n) is 15.3. The summed E-state index contributed by atoms with van der Waals surface area (Å²) in [4.78, 5) is 11.3. The van der Waals surface area contributed by atoms with E-state index in [0.29, 0.717) is 6.04 Å². The van der Waals surface area contributed by atoms with E-state index >= 15 is 0 Å². The number of nitrogens with zero attached hydrogens (tertiary/aromatic N) is 3. The van der Waals surface area contributed by atoms with Gasteiger partial charge < -0.3 is 14.8 Å². The number of fused-ring (bicyclic) bond motifs is 3. The first-order valence-corrected chi connectivity index (χ1v) is 9.31. The molecule has 4 heteroatoms. The van der Waals surface area contributed by atoms with E-state index in [9.17, 15) is 0 Å². The molecule has 3 heterocycles. The van der Waals surface area contributed by atoms with Gasteiger partial charge in [-0.1, -0.05) is 11.6 Å². The zero-order valence-corrected chi connectivity index (χ0v) is 15.3. The highest BCUT2D eigenvalue weighted by Gasteiger charge is 2.25. The molecule has 2 aliphatic rings. The highest BCUT2D eigenvalue weighted by Crippen LogP contribution is 2.28. The molecule has 1 fully saturated rings. The van der Waals surface area contributed by atoms with Crippen LogP contribution in [0.2, 0.25) is 0 Å². The highest BCUT2D eigenvalue weighted by molar-refractivity contribution is 5.85. The molecule has 4 nitrogen and oxygen atoms in total. The first-order chi connectivity index (χ1) is 11.6. The van der Waals surface area contributed by atoms with Crippen LogP contribution in [-0.2, 0) is 13.0 Å². The molecule has 4 rings (SSSR count). The summed E-state index contributed by atoms with van der Waals surface area (Å²) < 4.78 is 0. The Hall–Kier alpha value is -1.36. The van der Waals surface area contributed by atoms with Gasteiger partial charge in [-0.2, -0.15) is 0 Å². The Morgan fingerprint density at radius 3 is 2.92 bits per heavy atom. The summed E-state index contributed by atoms with van der Waals surface area (Å²) in [7, 11) is 4.54. The number of hydrogen-bond donors (Lipinski definition) is 1. The van der Waals surface area contributed by atoms with Gasteiger partial charge in [-0.25, -0.2) is 0 Å². The van der Waals surface area contributed by atoms with E-state index in [-0.39, 0.29) is 0 Å². The van der Waals surface area contributed by atoms with Gasteiger partial charge >= 0.3 is 0 Å². The largest absolute Gasteiger partial charge is 0.358 e. The number of aryl methyl sites for hydroxylation is 1. The molecule has 0 radical (unpaired) electrons. The Morgan fingerprint density at radius 2 is 2.04 bits per heavy atom. The number of H-pyrrole nitrogens is 1. The first-order valence-electron chi connectivity index (χ1n) is 9.31. The lowest BCUT2D eigenvalue weighted by Gasteiger charge is -2.39. The Bertz CT molecular complexity index is 720. The number of likely N-dealkylation sites (N-methyl/N-ethyl adjacent to an activating group) is 2. The second kappa shape index (κ2) is 6.51. The average Bonchev–Trinajstić information content (AvgIpc) is 2.93. The number of aromatic amines is 1. The summed E-state index contributed by atoms with van der Waals surface area (Å²) >= 11 is 0. The molecule has 0 spiro atoms. The Balaban J connectivity index is 1.44. The van der Waals surface area contributed by atoms with Crippen LogP contribution >= 0.6 is 0 Å². The summed E-state index contributed by atoms with van der Waals surface area (Å²) in [5.41, 5.74) is 5.66. The van der Waals surface area contributed by atoms with Crippen LogP contribution < -0.4 is 0 Å². The Kier molecular flexibility index (Phi) is 4.37. The van der Waals surface area contributed by atoms with E-state index in [0.717, 1.165) is 13.0 Å². The summed E-state index contributed by atoms with van der Waals surface area (Å²) in [5.74, 6) is 0. The molecule has 1 aromatic carbocycles. The van der Waals surface area contributed by atoms with E-state index in [1.54, 1.807) is 0 Å². The van der Waals surface area contributed by atoms with Gasteiger partial charge in [-0.05, 0) is 45.1 Å². The molecule has 0 unspecified atom stereocenters. The fourth-order valence-corrected chi connectivity index (χ4v) is 4.32. The van der Waals surface area contributed by atoms with Gasteiger partial charge in [0, 0.05) is 68.3 Å². The molecule has 0 aliphatic carbocycles. The fourth-order valence-electron chi connectivity index (χ4n) is 4.32. The van der Waals surface area contributed by atoms with Crippen LogP contribution in [0.4, 0.5) is 0 Å². The van der Waals surface area contributed by atoms with Crippen LogP contribution in [0.5, 0.6) is 0 Å². The molecule has 0 saturated carbocycles. The van der Waals surface area contributed by atoms with E-state index in [4.69, 9.17) is 0 Å². The van der Waals surface area contributed by atoms with Gasteiger partial charge in [-0.3, -0.25) is 4.90 Å². The van der Waals surface area contributed by atoms with Gasteiger partial charge in [0.15, 0.2) is 0 Å². The van der Waals surface area contributed by atoms with Crippen molar-refractivity contribution in [3.05, 3.63) is 35.0 Å². The van der Waals surface area contributed by atoms with Crippen molar-refractivity contribution >= 4 is 10.9 Å². The highest BCUT2D eigenvalue weighted by atomic mass is 15.3. The van der Waals surface area contributed by atoms with Crippen LogP contribution in [0.3, 0.4) is 0 Å². The number of piperazine rings is 1. The lowest BCUT2D eigenvalue weighted by atomic mass is 10.0. The lowest BCUT2D eigenvalue weighted by Crippen LogP contribution is -2.51. The van der Waals surface area contributed by atoms with Gasteiger partial charge in [0.1, 0.15) is 0 Å². The van der Waals surface area contributed by atoms with Crippen LogP contribution in [0, 0.1) is 6.92 Å². The molecule has 1 aromatic heterocycles. The number of aromatic nitrogens is 1. The molecule has 2 aromatic rings. The smallest absolute Gasteiger partial charge is 0.0459 e. The molecule has 130 valence electrons. The van der Waals surface area contributed by atoms with Gasteiger partial charge in [0.25, 0.3) is 0 Å². The molecular weight excluding hydrogens is 296 g/mol. The molecule has 24 heavy (non-hydrogen) atoms. The minimum Gasteiger partial charge on any atom is -0.358 e. The maximum absolute atomic E-state index is 3.64. The normalized spacial score (nSPS) is 23.7. The number of benzene rings is 1. The number of rotatable bonds is 3. The third-order valence-electron chi connectivity index (χ3n) is 5.97. The van der Waals surface area contributed by atoms with Crippen LogP contribution in [0.25, 0.3) is 10.9 Å². The van der Waals surface area contributed by atoms with Gasteiger partial charge in [0.2, 0.25) is 0 Å². The third kappa shape index (κ3) is 3.10. The summed E-state index contributed by atoms with van der Waals surface area (Å²) in [5, 5.41) is 1.43. The monoisotopic (exact) mass is 326 g/mol. The molecule has 2 aliphatic heterocycles. The second-order valence-corrected chi connectivity index (χ2v) is 7.84. The maximum Gasteiger partial charge on any atom is 0.0459 e. The summed E-state index contributed by atoms with van der Waals surface area (Å²) in [6.07, 6.45) is 2.43. The van der Waals surface area contributed by atoms with Crippen LogP contribution in [-0.4, -0.2) is 72.5 Å². The SMILES string of the molecule is Cc1ccc2[nH]c3c(c2c1)CN(CC[C@H]1CN(C)CCN1C)CC3. The topological polar surface area (TPSA) is 25.5 Å². The first kappa shape index (κ1) is 16.1. The van der Waals surface area contributed by atoms with Gasteiger partial charge in [0.05, 0.1) is 0 Å². The second-order valence-electron chi connectivity index (χ2n) is 7.84. The van der Waals surface area contributed by atoms with Crippen molar-refractivity contribution in [2.45, 2.75) is 32.4 Å².